The van der Waals surface area contributed by atoms with Gasteiger partial charge in [0.05, 0.1) is 0 Å². The molecule has 0 spiro atoms. The zero-order valence-electron chi connectivity index (χ0n) is 4.95. The monoisotopic (exact) mass is 104 g/mol. The van der Waals surface area contributed by atoms with Crippen molar-refractivity contribution in [1.82, 2.24) is 12.3 Å². The van der Waals surface area contributed by atoms with Crippen LogP contribution in [0.4, 0.5) is 0 Å². The standard InChI is InChI=1S/C5H10.2H3N/c1-2-4-5-3-1;;/h1-5H2;2*1H3. The average molecular weight is 104 g/mol. The topological polar surface area (TPSA) is 70.0 Å². The van der Waals surface area contributed by atoms with Gasteiger partial charge in [-0.2, -0.15) is 0 Å². The minimum absolute atomic E-state index is 0. The third kappa shape index (κ3) is 3.76. The van der Waals surface area contributed by atoms with Crippen LogP contribution in [0.25, 0.3) is 0 Å². The lowest BCUT2D eigenvalue weighted by molar-refractivity contribution is 0.886. The number of rotatable bonds is 0. The van der Waals surface area contributed by atoms with E-state index in [1.165, 1.54) is 32.1 Å². The molecule has 2 heteroatoms. The van der Waals surface area contributed by atoms with E-state index in [0.717, 1.165) is 0 Å². The summed E-state index contributed by atoms with van der Waals surface area (Å²) in [4.78, 5) is 0. The fourth-order valence-corrected chi connectivity index (χ4v) is 0.884. The van der Waals surface area contributed by atoms with Crippen LogP contribution >= 0.6 is 0 Å². The molecule has 0 aromatic rings. The highest BCUT2D eigenvalue weighted by Crippen LogP contribution is 2.15. The zero-order valence-corrected chi connectivity index (χ0v) is 4.95. The van der Waals surface area contributed by atoms with E-state index in [-0.39, 0.29) is 12.3 Å². The summed E-state index contributed by atoms with van der Waals surface area (Å²) in [6.45, 7) is 0. The maximum atomic E-state index is 1.50. The first-order valence-electron chi connectivity index (χ1n) is 2.50. The molecule has 1 saturated carbocycles. The van der Waals surface area contributed by atoms with E-state index in [9.17, 15) is 0 Å². The van der Waals surface area contributed by atoms with E-state index in [0.29, 0.717) is 0 Å². The molecule has 1 aliphatic rings. The van der Waals surface area contributed by atoms with E-state index in [1.54, 1.807) is 0 Å². The van der Waals surface area contributed by atoms with Gasteiger partial charge >= 0.3 is 0 Å². The summed E-state index contributed by atoms with van der Waals surface area (Å²) in [5.74, 6) is 0. The van der Waals surface area contributed by atoms with Crippen molar-refractivity contribution in [3.05, 3.63) is 0 Å². The van der Waals surface area contributed by atoms with Gasteiger partial charge in [0, 0.05) is 0 Å². The molecule has 0 heterocycles. The Kier molecular flexibility index (Phi) is 8.47. The van der Waals surface area contributed by atoms with Gasteiger partial charge in [-0.25, -0.2) is 0 Å². The van der Waals surface area contributed by atoms with Crippen molar-refractivity contribution < 1.29 is 0 Å². The molecule has 2 nitrogen and oxygen atoms in total. The lowest BCUT2D eigenvalue weighted by Crippen LogP contribution is -1.47. The molecule has 46 valence electrons. The molecule has 6 N–H and O–H groups in total. The lowest BCUT2D eigenvalue weighted by atomic mass is 10.4. The summed E-state index contributed by atoms with van der Waals surface area (Å²) in [6, 6.07) is 0. The predicted octanol–water partition coefficient (Wildman–Crippen LogP) is 2.27. The Bertz CT molecular complexity index is 17.7. The van der Waals surface area contributed by atoms with E-state index in [1.807, 2.05) is 0 Å². The summed E-state index contributed by atoms with van der Waals surface area (Å²) in [5, 5.41) is 0. The van der Waals surface area contributed by atoms with Gasteiger partial charge in [0.15, 0.2) is 0 Å². The first-order valence-corrected chi connectivity index (χ1v) is 2.50. The maximum absolute atomic E-state index is 1.50. The lowest BCUT2D eigenvalue weighted by Gasteiger charge is -1.67. The fourth-order valence-electron chi connectivity index (χ4n) is 0.884. The summed E-state index contributed by atoms with van der Waals surface area (Å²) < 4.78 is 0. The van der Waals surface area contributed by atoms with Gasteiger partial charge in [-0.1, -0.05) is 32.1 Å². The summed E-state index contributed by atoms with van der Waals surface area (Å²) >= 11 is 0. The van der Waals surface area contributed by atoms with Crippen LogP contribution in [-0.4, -0.2) is 0 Å². The smallest absolute Gasteiger partial charge is 0.0533 e. The Morgan fingerprint density at radius 3 is 0.714 bits per heavy atom. The molecule has 0 aliphatic heterocycles. The third-order valence-electron chi connectivity index (χ3n) is 1.25. The minimum atomic E-state index is 0. The summed E-state index contributed by atoms with van der Waals surface area (Å²) in [7, 11) is 0. The van der Waals surface area contributed by atoms with Crippen LogP contribution in [0, 0.1) is 0 Å². The van der Waals surface area contributed by atoms with E-state index in [4.69, 9.17) is 0 Å². The van der Waals surface area contributed by atoms with Crippen molar-refractivity contribution in [2.45, 2.75) is 32.1 Å². The number of hydrogen-bond donors (Lipinski definition) is 2. The Balaban J connectivity index is 0. The van der Waals surface area contributed by atoms with Crippen LogP contribution in [0.2, 0.25) is 0 Å². The highest BCUT2D eigenvalue weighted by Gasteiger charge is 1.95. The van der Waals surface area contributed by atoms with E-state index < -0.39 is 0 Å². The SMILES string of the molecule is C1CCCC1.N.N. The molecule has 0 radical (unpaired) electrons. The Morgan fingerprint density at radius 1 is 0.429 bits per heavy atom. The van der Waals surface area contributed by atoms with Crippen LogP contribution < -0.4 is 12.3 Å². The van der Waals surface area contributed by atoms with Crippen molar-refractivity contribution in [1.29, 1.82) is 0 Å². The largest absolute Gasteiger partial charge is 0.344 e. The van der Waals surface area contributed by atoms with Crippen LogP contribution in [0.5, 0.6) is 0 Å². The second-order valence-corrected chi connectivity index (χ2v) is 1.77. The van der Waals surface area contributed by atoms with Crippen molar-refractivity contribution >= 4 is 0 Å². The Hall–Kier alpha value is -0.0800. The van der Waals surface area contributed by atoms with Gasteiger partial charge in [-0.15, -0.1) is 0 Å². The maximum Gasteiger partial charge on any atom is -0.0533 e. The molecule has 0 aromatic carbocycles. The molecule has 0 aromatic heterocycles. The fraction of sp³-hybridized carbons (Fsp3) is 1.00. The zero-order chi connectivity index (χ0) is 3.54. The van der Waals surface area contributed by atoms with Gasteiger partial charge in [0.2, 0.25) is 0 Å². The molecule has 0 atom stereocenters. The van der Waals surface area contributed by atoms with Gasteiger partial charge < -0.3 is 12.3 Å². The molecule has 1 rings (SSSR count). The molecule has 7 heavy (non-hydrogen) atoms. The highest BCUT2D eigenvalue weighted by atomic mass is 14.0. The molecule has 0 bridgehead atoms. The van der Waals surface area contributed by atoms with E-state index in [2.05, 4.69) is 0 Å². The van der Waals surface area contributed by atoms with Crippen LogP contribution in [0.1, 0.15) is 32.1 Å². The molecule has 0 amide bonds. The predicted molar refractivity (Wildman–Crippen MR) is 33.1 cm³/mol. The highest BCUT2D eigenvalue weighted by molar-refractivity contribution is 4.51. The van der Waals surface area contributed by atoms with Gasteiger partial charge in [-0.05, 0) is 0 Å². The minimum Gasteiger partial charge on any atom is -0.344 e. The molecule has 0 unspecified atom stereocenters. The molecule has 1 fully saturated rings. The molecule has 0 saturated heterocycles. The second kappa shape index (κ2) is 5.92. The first-order chi connectivity index (χ1) is 2.50. The van der Waals surface area contributed by atoms with Crippen molar-refractivity contribution in [3.8, 4) is 0 Å². The van der Waals surface area contributed by atoms with Crippen molar-refractivity contribution in [2.75, 3.05) is 0 Å². The molecular weight excluding hydrogens is 88.1 g/mol. The first kappa shape index (κ1) is 10.0. The average Bonchev–Trinajstić information content (AvgIpc) is 1.76. The molecule has 1 aliphatic carbocycles. The van der Waals surface area contributed by atoms with Crippen molar-refractivity contribution in [2.24, 2.45) is 0 Å². The second-order valence-electron chi connectivity index (χ2n) is 1.77. The van der Waals surface area contributed by atoms with Gasteiger partial charge in [0.1, 0.15) is 0 Å². The molecular formula is C5H16N2. The quantitative estimate of drug-likeness (QED) is 0.495. The third-order valence-corrected chi connectivity index (χ3v) is 1.25. The normalized spacial score (nSPS) is 17.1. The summed E-state index contributed by atoms with van der Waals surface area (Å²) in [6.07, 6.45) is 7.50. The Morgan fingerprint density at radius 2 is 0.571 bits per heavy atom. The van der Waals surface area contributed by atoms with E-state index >= 15 is 0 Å². The van der Waals surface area contributed by atoms with Crippen LogP contribution in [0.3, 0.4) is 0 Å². The van der Waals surface area contributed by atoms with Crippen LogP contribution in [-0.2, 0) is 0 Å². The Labute approximate surface area is 45.5 Å². The van der Waals surface area contributed by atoms with Crippen LogP contribution in [0.15, 0.2) is 0 Å². The van der Waals surface area contributed by atoms with Gasteiger partial charge in [-0.3, -0.25) is 0 Å². The van der Waals surface area contributed by atoms with Gasteiger partial charge in [0.25, 0.3) is 0 Å². The summed E-state index contributed by atoms with van der Waals surface area (Å²) in [5.41, 5.74) is 0. The van der Waals surface area contributed by atoms with Crippen molar-refractivity contribution in [3.63, 3.8) is 0 Å². The number of hydrogen-bond acceptors (Lipinski definition) is 2.